The van der Waals surface area contributed by atoms with Gasteiger partial charge in [0, 0.05) is 13.0 Å². The largest absolute Gasteiger partial charge is 0.494 e. The van der Waals surface area contributed by atoms with Crippen molar-refractivity contribution in [3.8, 4) is 5.75 Å². The summed E-state index contributed by atoms with van der Waals surface area (Å²) in [6.45, 7) is 6.12. The SMILES string of the molecule is CCCCCc1nc2ccccc2n1CCCCOc1cccc(C)c1. The van der Waals surface area contributed by atoms with Crippen molar-refractivity contribution < 1.29 is 4.74 Å². The molecule has 0 saturated carbocycles. The van der Waals surface area contributed by atoms with Crippen LogP contribution in [-0.2, 0) is 13.0 Å². The number of rotatable bonds is 10. The fourth-order valence-corrected chi connectivity index (χ4v) is 3.37. The average Bonchev–Trinajstić information content (AvgIpc) is 2.99. The molecule has 0 fully saturated rings. The lowest BCUT2D eigenvalue weighted by Crippen LogP contribution is -2.06. The van der Waals surface area contributed by atoms with Crippen LogP contribution in [0.3, 0.4) is 0 Å². The highest BCUT2D eigenvalue weighted by Gasteiger charge is 2.09. The van der Waals surface area contributed by atoms with Crippen LogP contribution in [0.2, 0.25) is 0 Å². The Morgan fingerprint density at radius 2 is 1.85 bits per heavy atom. The molecule has 0 atom stereocenters. The first-order chi connectivity index (χ1) is 12.8. The van der Waals surface area contributed by atoms with Gasteiger partial charge >= 0.3 is 0 Å². The van der Waals surface area contributed by atoms with E-state index < -0.39 is 0 Å². The molecule has 0 spiro atoms. The van der Waals surface area contributed by atoms with Crippen LogP contribution in [0.5, 0.6) is 5.75 Å². The van der Waals surface area contributed by atoms with Gasteiger partial charge in [-0.1, -0.05) is 44.0 Å². The number of aromatic nitrogens is 2. The molecule has 1 aromatic heterocycles. The van der Waals surface area contributed by atoms with Crippen LogP contribution in [-0.4, -0.2) is 16.2 Å². The summed E-state index contributed by atoms with van der Waals surface area (Å²) in [4.78, 5) is 4.87. The van der Waals surface area contributed by atoms with Gasteiger partial charge in [0.1, 0.15) is 11.6 Å². The van der Waals surface area contributed by atoms with Gasteiger partial charge in [0.15, 0.2) is 0 Å². The van der Waals surface area contributed by atoms with Crippen molar-refractivity contribution in [2.24, 2.45) is 0 Å². The molecule has 3 aromatic rings. The van der Waals surface area contributed by atoms with Crippen LogP contribution in [0.25, 0.3) is 11.0 Å². The van der Waals surface area contributed by atoms with Crippen molar-refractivity contribution in [1.82, 2.24) is 9.55 Å². The lowest BCUT2D eigenvalue weighted by Gasteiger charge is -2.10. The van der Waals surface area contributed by atoms with Gasteiger partial charge in [-0.05, 0) is 56.0 Å². The molecule has 3 heteroatoms. The molecule has 0 aliphatic carbocycles. The standard InChI is InChI=1S/C23H30N2O/c1-3-4-5-15-23-24-21-13-6-7-14-22(21)25(23)16-8-9-17-26-20-12-10-11-19(2)18-20/h6-7,10-14,18H,3-5,8-9,15-17H2,1-2H3. The van der Waals surface area contributed by atoms with Gasteiger partial charge in [0.2, 0.25) is 0 Å². The summed E-state index contributed by atoms with van der Waals surface area (Å²) in [6.07, 6.45) is 6.96. The lowest BCUT2D eigenvalue weighted by atomic mass is 10.2. The molecule has 3 rings (SSSR count). The monoisotopic (exact) mass is 350 g/mol. The maximum atomic E-state index is 5.88. The van der Waals surface area contributed by atoms with Crippen molar-refractivity contribution >= 4 is 11.0 Å². The first-order valence-corrected chi connectivity index (χ1v) is 9.91. The molecule has 2 aromatic carbocycles. The molecule has 0 aliphatic heterocycles. The van der Waals surface area contributed by atoms with E-state index in [0.29, 0.717) is 0 Å². The molecule has 0 amide bonds. The number of fused-ring (bicyclic) bond motifs is 1. The van der Waals surface area contributed by atoms with E-state index in [0.717, 1.165) is 43.7 Å². The van der Waals surface area contributed by atoms with E-state index >= 15 is 0 Å². The molecular formula is C23H30N2O. The van der Waals surface area contributed by atoms with Gasteiger partial charge in [-0.25, -0.2) is 4.98 Å². The molecule has 0 saturated heterocycles. The van der Waals surface area contributed by atoms with Crippen molar-refractivity contribution in [2.45, 2.75) is 58.9 Å². The van der Waals surface area contributed by atoms with Crippen molar-refractivity contribution in [3.63, 3.8) is 0 Å². The third kappa shape index (κ3) is 4.87. The Hall–Kier alpha value is -2.29. The maximum Gasteiger partial charge on any atom is 0.119 e. The second kappa shape index (κ2) is 9.42. The van der Waals surface area contributed by atoms with E-state index in [1.807, 2.05) is 12.1 Å². The fourth-order valence-electron chi connectivity index (χ4n) is 3.37. The summed E-state index contributed by atoms with van der Waals surface area (Å²) < 4.78 is 8.29. The van der Waals surface area contributed by atoms with Crippen LogP contribution in [0, 0.1) is 6.92 Å². The Bertz CT molecular complexity index is 822. The highest BCUT2D eigenvalue weighted by Crippen LogP contribution is 2.19. The number of imidazole rings is 1. The minimum atomic E-state index is 0.765. The topological polar surface area (TPSA) is 27.1 Å². The second-order valence-electron chi connectivity index (χ2n) is 7.00. The zero-order valence-corrected chi connectivity index (χ0v) is 16.1. The van der Waals surface area contributed by atoms with Crippen LogP contribution in [0.15, 0.2) is 48.5 Å². The van der Waals surface area contributed by atoms with E-state index in [-0.39, 0.29) is 0 Å². The van der Waals surface area contributed by atoms with Crippen molar-refractivity contribution in [2.75, 3.05) is 6.61 Å². The highest BCUT2D eigenvalue weighted by atomic mass is 16.5. The van der Waals surface area contributed by atoms with Gasteiger partial charge < -0.3 is 9.30 Å². The molecule has 26 heavy (non-hydrogen) atoms. The summed E-state index contributed by atoms with van der Waals surface area (Å²) >= 11 is 0. The number of hydrogen-bond donors (Lipinski definition) is 0. The van der Waals surface area contributed by atoms with Gasteiger partial charge in [0.05, 0.1) is 17.6 Å². The molecule has 138 valence electrons. The Morgan fingerprint density at radius 1 is 0.962 bits per heavy atom. The molecule has 0 unspecified atom stereocenters. The molecule has 1 heterocycles. The summed E-state index contributed by atoms with van der Waals surface area (Å²) in [5.74, 6) is 2.21. The molecule has 3 nitrogen and oxygen atoms in total. The minimum Gasteiger partial charge on any atom is -0.494 e. The van der Waals surface area contributed by atoms with Crippen LogP contribution < -0.4 is 4.74 Å². The first-order valence-electron chi connectivity index (χ1n) is 9.91. The lowest BCUT2D eigenvalue weighted by molar-refractivity contribution is 0.303. The average molecular weight is 351 g/mol. The predicted octanol–water partition coefficient (Wildman–Crippen LogP) is 5.94. The zero-order valence-electron chi connectivity index (χ0n) is 16.1. The van der Waals surface area contributed by atoms with E-state index in [9.17, 15) is 0 Å². The van der Waals surface area contributed by atoms with E-state index in [2.05, 4.69) is 54.8 Å². The van der Waals surface area contributed by atoms with Gasteiger partial charge in [-0.3, -0.25) is 0 Å². The highest BCUT2D eigenvalue weighted by molar-refractivity contribution is 5.75. The molecule has 0 N–H and O–H groups in total. The zero-order chi connectivity index (χ0) is 18.2. The van der Waals surface area contributed by atoms with E-state index in [1.165, 1.54) is 36.2 Å². The van der Waals surface area contributed by atoms with Crippen molar-refractivity contribution in [3.05, 3.63) is 59.9 Å². The van der Waals surface area contributed by atoms with Gasteiger partial charge in [-0.2, -0.15) is 0 Å². The Balaban J connectivity index is 1.56. The summed E-state index contributed by atoms with van der Waals surface area (Å²) in [5.41, 5.74) is 3.62. The van der Waals surface area contributed by atoms with Crippen LogP contribution in [0.1, 0.15) is 50.4 Å². The Morgan fingerprint density at radius 3 is 2.69 bits per heavy atom. The third-order valence-electron chi connectivity index (χ3n) is 4.77. The van der Waals surface area contributed by atoms with Crippen molar-refractivity contribution in [1.29, 1.82) is 0 Å². The Labute approximate surface area is 157 Å². The smallest absolute Gasteiger partial charge is 0.119 e. The normalized spacial score (nSPS) is 11.2. The summed E-state index contributed by atoms with van der Waals surface area (Å²) in [5, 5.41) is 0. The number of nitrogens with zero attached hydrogens (tertiary/aromatic N) is 2. The predicted molar refractivity (Wildman–Crippen MR) is 109 cm³/mol. The summed E-state index contributed by atoms with van der Waals surface area (Å²) in [6, 6.07) is 16.8. The first kappa shape index (κ1) is 18.5. The van der Waals surface area contributed by atoms with Gasteiger partial charge in [-0.15, -0.1) is 0 Å². The quantitative estimate of drug-likeness (QED) is 0.423. The maximum absolute atomic E-state index is 5.88. The second-order valence-corrected chi connectivity index (χ2v) is 7.00. The van der Waals surface area contributed by atoms with Gasteiger partial charge in [0.25, 0.3) is 0 Å². The third-order valence-corrected chi connectivity index (χ3v) is 4.77. The number of para-hydroxylation sites is 2. The van der Waals surface area contributed by atoms with E-state index in [4.69, 9.17) is 9.72 Å². The Kier molecular flexibility index (Phi) is 6.70. The fraction of sp³-hybridized carbons (Fsp3) is 0.435. The van der Waals surface area contributed by atoms with Crippen LogP contribution >= 0.6 is 0 Å². The number of ether oxygens (including phenoxy) is 1. The molecule has 0 radical (unpaired) electrons. The number of unbranched alkanes of at least 4 members (excludes halogenated alkanes) is 3. The number of aryl methyl sites for hydroxylation is 3. The summed E-state index contributed by atoms with van der Waals surface area (Å²) in [7, 11) is 0. The van der Waals surface area contributed by atoms with E-state index in [1.54, 1.807) is 0 Å². The molecule has 0 bridgehead atoms. The minimum absolute atomic E-state index is 0.765. The van der Waals surface area contributed by atoms with Crippen LogP contribution in [0.4, 0.5) is 0 Å². The molecular weight excluding hydrogens is 320 g/mol. The number of benzene rings is 2. The molecule has 0 aliphatic rings. The number of hydrogen-bond acceptors (Lipinski definition) is 2.